The number of amides is 1. The second-order valence-corrected chi connectivity index (χ2v) is 8.37. The summed E-state index contributed by atoms with van der Waals surface area (Å²) in [6.45, 7) is 4.12. The van der Waals surface area contributed by atoms with Gasteiger partial charge in [-0.2, -0.15) is 0 Å². The maximum atomic E-state index is 12.4. The number of aryl methyl sites for hydroxylation is 2. The number of nitrogens with zero attached hydrogens (tertiary/aromatic N) is 2. The van der Waals surface area contributed by atoms with Gasteiger partial charge < -0.3 is 10.1 Å². The van der Waals surface area contributed by atoms with Crippen molar-refractivity contribution in [1.82, 2.24) is 9.97 Å². The van der Waals surface area contributed by atoms with Gasteiger partial charge in [0.15, 0.2) is 6.61 Å². The second-order valence-electron chi connectivity index (χ2n) is 7.51. The molecule has 1 N–H and O–H groups in total. The Kier molecular flexibility index (Phi) is 6.57. The first kappa shape index (κ1) is 21.0. The highest BCUT2D eigenvalue weighted by atomic mass is 32.1. The molecular formula is C25H25N3O2S. The molecule has 0 saturated carbocycles. The Morgan fingerprint density at radius 2 is 1.84 bits per heavy atom. The first-order valence-electron chi connectivity index (χ1n) is 10.4. The first-order chi connectivity index (χ1) is 15.1. The quantitative estimate of drug-likeness (QED) is 0.370. The Labute approximate surface area is 186 Å². The molecule has 2 aromatic heterocycles. The van der Waals surface area contributed by atoms with Gasteiger partial charge in [0.1, 0.15) is 11.2 Å². The molecular weight excluding hydrogens is 406 g/mol. The van der Waals surface area contributed by atoms with Crippen molar-refractivity contribution in [3.8, 4) is 17.0 Å². The third kappa shape index (κ3) is 5.09. The summed E-state index contributed by atoms with van der Waals surface area (Å²) >= 11 is 1.54. The highest BCUT2D eigenvalue weighted by Gasteiger charge is 2.15. The van der Waals surface area contributed by atoms with Gasteiger partial charge in [-0.1, -0.05) is 55.3 Å². The molecule has 0 aliphatic carbocycles. The molecule has 158 valence electrons. The molecule has 2 aromatic carbocycles. The molecule has 0 radical (unpaired) electrons. The summed E-state index contributed by atoms with van der Waals surface area (Å²) in [4.78, 5) is 21.9. The Morgan fingerprint density at radius 3 is 2.58 bits per heavy atom. The largest absolute Gasteiger partial charge is 0.467 e. The fourth-order valence-electron chi connectivity index (χ4n) is 3.37. The van der Waals surface area contributed by atoms with Crippen LogP contribution in [0, 0.1) is 6.92 Å². The molecule has 0 atom stereocenters. The van der Waals surface area contributed by atoms with E-state index in [1.54, 1.807) is 0 Å². The van der Waals surface area contributed by atoms with Gasteiger partial charge in [-0.15, -0.1) is 11.3 Å². The van der Waals surface area contributed by atoms with E-state index in [4.69, 9.17) is 4.74 Å². The summed E-state index contributed by atoms with van der Waals surface area (Å²) in [6.07, 6.45) is 4.86. The van der Waals surface area contributed by atoms with Crippen molar-refractivity contribution in [3.05, 3.63) is 71.4 Å². The van der Waals surface area contributed by atoms with Crippen LogP contribution in [0.4, 0.5) is 5.69 Å². The van der Waals surface area contributed by atoms with Crippen molar-refractivity contribution in [2.75, 3.05) is 11.9 Å². The average Bonchev–Trinajstić information content (AvgIpc) is 3.22. The standard InChI is InChI=1S/C25H25N3O2S/c1-3-4-5-18-8-12-20(13-9-18)28-22(29)14-30-24-23-21(15-31-25(23)27-16-26-24)19-10-6-17(2)7-11-19/h6-13,15-16H,3-5,14H2,1-2H3,(H,28,29). The molecule has 6 heteroatoms. The molecule has 0 bridgehead atoms. The molecule has 4 rings (SSSR count). The number of anilines is 1. The third-order valence-corrected chi connectivity index (χ3v) is 5.98. The van der Waals surface area contributed by atoms with Gasteiger partial charge in [0.25, 0.3) is 5.91 Å². The molecule has 0 saturated heterocycles. The summed E-state index contributed by atoms with van der Waals surface area (Å²) in [5.74, 6) is 0.201. The molecule has 5 nitrogen and oxygen atoms in total. The van der Waals surface area contributed by atoms with Gasteiger partial charge in [0.2, 0.25) is 5.88 Å². The van der Waals surface area contributed by atoms with Crippen LogP contribution in [0.15, 0.2) is 60.2 Å². The van der Waals surface area contributed by atoms with Gasteiger partial charge in [-0.05, 0) is 43.0 Å². The lowest BCUT2D eigenvalue weighted by Crippen LogP contribution is -2.20. The fourth-order valence-corrected chi connectivity index (χ4v) is 4.28. The van der Waals surface area contributed by atoms with E-state index in [2.05, 4.69) is 70.9 Å². The molecule has 0 unspecified atom stereocenters. The van der Waals surface area contributed by atoms with E-state index >= 15 is 0 Å². The van der Waals surface area contributed by atoms with E-state index in [9.17, 15) is 4.79 Å². The van der Waals surface area contributed by atoms with Crippen LogP contribution in [-0.2, 0) is 11.2 Å². The number of aromatic nitrogens is 2. The number of benzene rings is 2. The zero-order valence-corrected chi connectivity index (χ0v) is 18.5. The minimum atomic E-state index is -0.222. The predicted octanol–water partition coefficient (Wildman–Crippen LogP) is 6.03. The topological polar surface area (TPSA) is 64.1 Å². The van der Waals surface area contributed by atoms with Crippen LogP contribution < -0.4 is 10.1 Å². The van der Waals surface area contributed by atoms with Crippen molar-refractivity contribution in [1.29, 1.82) is 0 Å². The average molecular weight is 432 g/mol. The number of hydrogen-bond donors (Lipinski definition) is 1. The summed E-state index contributed by atoms with van der Waals surface area (Å²) < 4.78 is 5.82. The van der Waals surface area contributed by atoms with Crippen LogP contribution in [0.25, 0.3) is 21.3 Å². The predicted molar refractivity (Wildman–Crippen MR) is 127 cm³/mol. The molecule has 0 fully saturated rings. The van der Waals surface area contributed by atoms with Gasteiger partial charge in [-0.3, -0.25) is 4.79 Å². The van der Waals surface area contributed by atoms with Crippen molar-refractivity contribution < 1.29 is 9.53 Å². The first-order valence-corrected chi connectivity index (χ1v) is 11.3. The Morgan fingerprint density at radius 1 is 1.06 bits per heavy atom. The number of carbonyl (C=O) groups is 1. The van der Waals surface area contributed by atoms with Crippen LogP contribution in [-0.4, -0.2) is 22.5 Å². The molecule has 31 heavy (non-hydrogen) atoms. The number of hydrogen-bond acceptors (Lipinski definition) is 5. The smallest absolute Gasteiger partial charge is 0.262 e. The van der Waals surface area contributed by atoms with E-state index in [0.717, 1.165) is 33.5 Å². The zero-order valence-electron chi connectivity index (χ0n) is 17.7. The number of thiophene rings is 1. The maximum Gasteiger partial charge on any atom is 0.262 e. The number of nitrogens with one attached hydrogen (secondary N) is 1. The molecule has 0 spiro atoms. The highest BCUT2D eigenvalue weighted by Crippen LogP contribution is 2.37. The van der Waals surface area contributed by atoms with E-state index in [1.165, 1.54) is 41.6 Å². The van der Waals surface area contributed by atoms with Crippen LogP contribution in [0.1, 0.15) is 30.9 Å². The Bertz CT molecular complexity index is 1170. The lowest BCUT2D eigenvalue weighted by Gasteiger charge is -2.09. The normalized spacial score (nSPS) is 10.9. The van der Waals surface area contributed by atoms with Gasteiger partial charge in [0.05, 0.1) is 5.39 Å². The van der Waals surface area contributed by atoms with Crippen LogP contribution in [0.2, 0.25) is 0 Å². The van der Waals surface area contributed by atoms with E-state index in [-0.39, 0.29) is 12.5 Å². The molecule has 4 aromatic rings. The Hall–Kier alpha value is -3.25. The van der Waals surface area contributed by atoms with Crippen molar-refractivity contribution in [2.45, 2.75) is 33.1 Å². The number of carbonyl (C=O) groups excluding carboxylic acids is 1. The SMILES string of the molecule is CCCCc1ccc(NC(=O)COc2ncnc3scc(-c4ccc(C)cc4)c23)cc1. The van der Waals surface area contributed by atoms with Gasteiger partial charge in [-0.25, -0.2) is 9.97 Å². The number of unbranched alkanes of at least 4 members (excludes halogenated alkanes) is 1. The van der Waals surface area contributed by atoms with E-state index in [0.29, 0.717) is 5.88 Å². The van der Waals surface area contributed by atoms with E-state index < -0.39 is 0 Å². The maximum absolute atomic E-state index is 12.4. The fraction of sp³-hybridized carbons (Fsp3) is 0.240. The summed E-state index contributed by atoms with van der Waals surface area (Å²) in [7, 11) is 0. The highest BCUT2D eigenvalue weighted by molar-refractivity contribution is 7.17. The van der Waals surface area contributed by atoms with E-state index in [1.807, 2.05) is 12.1 Å². The molecule has 1 amide bonds. The number of rotatable bonds is 8. The van der Waals surface area contributed by atoms with Crippen molar-refractivity contribution >= 4 is 33.1 Å². The number of fused-ring (bicyclic) bond motifs is 1. The number of ether oxygens (including phenoxy) is 1. The second kappa shape index (κ2) is 9.71. The molecule has 0 aliphatic rings. The monoisotopic (exact) mass is 431 g/mol. The van der Waals surface area contributed by atoms with Crippen LogP contribution in [0.3, 0.4) is 0 Å². The lowest BCUT2D eigenvalue weighted by atomic mass is 10.0. The molecule has 2 heterocycles. The summed E-state index contributed by atoms with van der Waals surface area (Å²) in [5, 5.41) is 5.78. The van der Waals surface area contributed by atoms with Crippen molar-refractivity contribution in [2.24, 2.45) is 0 Å². The summed E-state index contributed by atoms with van der Waals surface area (Å²) in [5.41, 5.74) is 5.33. The van der Waals surface area contributed by atoms with Crippen LogP contribution >= 0.6 is 11.3 Å². The lowest BCUT2D eigenvalue weighted by molar-refractivity contribution is -0.118. The minimum Gasteiger partial charge on any atom is -0.467 e. The van der Waals surface area contributed by atoms with Gasteiger partial charge >= 0.3 is 0 Å². The van der Waals surface area contributed by atoms with Crippen molar-refractivity contribution in [3.63, 3.8) is 0 Å². The molecule has 0 aliphatic heterocycles. The zero-order chi connectivity index (χ0) is 21.6. The minimum absolute atomic E-state index is 0.118. The van der Waals surface area contributed by atoms with Crippen LogP contribution in [0.5, 0.6) is 5.88 Å². The third-order valence-electron chi connectivity index (χ3n) is 5.09. The van der Waals surface area contributed by atoms with Gasteiger partial charge in [0, 0.05) is 16.6 Å². The Balaban J connectivity index is 1.45. The summed E-state index contributed by atoms with van der Waals surface area (Å²) in [6, 6.07) is 16.3.